The van der Waals surface area contributed by atoms with E-state index in [4.69, 9.17) is 4.74 Å². The van der Waals surface area contributed by atoms with Gasteiger partial charge >= 0.3 is 0 Å². The molecule has 0 saturated carbocycles. The maximum atomic E-state index is 13.0. The van der Waals surface area contributed by atoms with Crippen molar-refractivity contribution < 1.29 is 14.3 Å². The number of nitrogens with one attached hydrogen (secondary N) is 1. The number of ether oxygens (including phenoxy) is 1. The van der Waals surface area contributed by atoms with Crippen LogP contribution in [0.2, 0.25) is 0 Å². The molecule has 2 amide bonds. The number of hydrogen-bond donors (Lipinski definition) is 1. The number of hydrogen-bond acceptors (Lipinski definition) is 6. The van der Waals surface area contributed by atoms with Crippen molar-refractivity contribution in [2.45, 2.75) is 45.3 Å². The second kappa shape index (κ2) is 10.4. The van der Waals surface area contributed by atoms with Gasteiger partial charge in [0.15, 0.2) is 0 Å². The molecule has 3 aromatic rings. The van der Waals surface area contributed by atoms with Gasteiger partial charge in [0.1, 0.15) is 18.2 Å². The molecule has 33 heavy (non-hydrogen) atoms. The van der Waals surface area contributed by atoms with E-state index in [1.807, 2.05) is 41.1 Å². The fourth-order valence-corrected chi connectivity index (χ4v) is 3.76. The van der Waals surface area contributed by atoms with Crippen molar-refractivity contribution in [1.82, 2.24) is 29.9 Å². The smallest absolute Gasteiger partial charge is 0.291 e. The Morgan fingerprint density at radius 1 is 1.21 bits per heavy atom. The average molecular weight is 452 g/mol. The summed E-state index contributed by atoms with van der Waals surface area (Å²) in [6, 6.07) is 11.0. The van der Waals surface area contributed by atoms with Crippen LogP contribution in [0.3, 0.4) is 0 Å². The van der Waals surface area contributed by atoms with Crippen LogP contribution in [0.5, 0.6) is 0 Å². The van der Waals surface area contributed by atoms with Crippen molar-refractivity contribution in [3.05, 3.63) is 59.8 Å². The molecule has 3 heterocycles. The Morgan fingerprint density at radius 2 is 2.03 bits per heavy atom. The molecule has 0 aliphatic carbocycles. The Labute approximate surface area is 192 Å². The second-order valence-corrected chi connectivity index (χ2v) is 8.04. The largest absolute Gasteiger partial charge is 0.381 e. The SMILES string of the molecule is CCCOCCc1cc2n(n1)CCC(NC(=O)c1ncn(Cc3ccccc3)n1)C(=O)N2C. The Bertz CT molecular complexity index is 1090. The molecular formula is C23H29N7O3. The predicted molar refractivity (Wildman–Crippen MR) is 122 cm³/mol. The number of likely N-dealkylation sites (N-methyl/N-ethyl adjacent to an activating group) is 1. The summed E-state index contributed by atoms with van der Waals surface area (Å²) in [5.74, 6) is 0.0894. The number of nitrogens with zero attached hydrogens (tertiary/aromatic N) is 6. The average Bonchev–Trinajstić information content (AvgIpc) is 3.44. The van der Waals surface area contributed by atoms with Crippen LogP contribution in [-0.2, 0) is 29.0 Å². The number of carbonyl (C=O) groups is 2. The van der Waals surface area contributed by atoms with E-state index in [0.717, 1.165) is 24.3 Å². The van der Waals surface area contributed by atoms with Crippen molar-refractivity contribution in [2.24, 2.45) is 0 Å². The number of aromatic nitrogens is 5. The molecule has 0 saturated heterocycles. The zero-order chi connectivity index (χ0) is 23.2. The first kappa shape index (κ1) is 22.7. The van der Waals surface area contributed by atoms with Gasteiger partial charge in [0.2, 0.25) is 5.82 Å². The molecule has 0 radical (unpaired) electrons. The highest BCUT2D eigenvalue weighted by molar-refractivity contribution is 6.00. The second-order valence-electron chi connectivity index (χ2n) is 8.04. The standard InChI is InChI=1S/C23H29N7O3/c1-3-12-33-13-10-18-14-20-28(2)23(32)19(9-11-30(20)26-18)25-22(31)21-24-16-29(27-21)15-17-7-5-4-6-8-17/h4-8,14,16,19H,3,9-13,15H2,1-2H3,(H,25,31). The van der Waals surface area contributed by atoms with Crippen LogP contribution in [0, 0.1) is 0 Å². The topological polar surface area (TPSA) is 107 Å². The summed E-state index contributed by atoms with van der Waals surface area (Å²) in [5, 5.41) is 11.7. The van der Waals surface area contributed by atoms with Crippen molar-refractivity contribution in [3.8, 4) is 0 Å². The number of benzene rings is 1. The van der Waals surface area contributed by atoms with E-state index >= 15 is 0 Å². The van der Waals surface area contributed by atoms with Crippen LogP contribution in [0.1, 0.15) is 41.6 Å². The summed E-state index contributed by atoms with van der Waals surface area (Å²) < 4.78 is 8.95. The highest BCUT2D eigenvalue weighted by Crippen LogP contribution is 2.21. The van der Waals surface area contributed by atoms with Crippen molar-refractivity contribution >= 4 is 17.6 Å². The normalized spacial score (nSPS) is 15.9. The molecule has 0 spiro atoms. The first-order chi connectivity index (χ1) is 16.0. The van der Waals surface area contributed by atoms with Crippen LogP contribution in [-0.4, -0.2) is 62.7 Å². The van der Waals surface area contributed by atoms with Gasteiger partial charge in [-0.3, -0.25) is 14.5 Å². The van der Waals surface area contributed by atoms with E-state index in [1.54, 1.807) is 16.6 Å². The Balaban J connectivity index is 1.36. The van der Waals surface area contributed by atoms with E-state index in [9.17, 15) is 9.59 Å². The highest BCUT2D eigenvalue weighted by atomic mass is 16.5. The van der Waals surface area contributed by atoms with Gasteiger partial charge in [-0.2, -0.15) is 5.10 Å². The quantitative estimate of drug-likeness (QED) is 0.496. The van der Waals surface area contributed by atoms with E-state index in [1.165, 1.54) is 6.33 Å². The lowest BCUT2D eigenvalue weighted by Gasteiger charge is -2.19. The lowest BCUT2D eigenvalue weighted by Crippen LogP contribution is -2.47. The number of anilines is 1. The first-order valence-corrected chi connectivity index (χ1v) is 11.2. The van der Waals surface area contributed by atoms with Crippen molar-refractivity contribution in [2.75, 3.05) is 25.2 Å². The van der Waals surface area contributed by atoms with Crippen LogP contribution in [0.4, 0.5) is 5.82 Å². The van der Waals surface area contributed by atoms with E-state index in [0.29, 0.717) is 38.4 Å². The van der Waals surface area contributed by atoms with Crippen LogP contribution in [0.15, 0.2) is 42.7 Å². The van der Waals surface area contributed by atoms with E-state index in [-0.39, 0.29) is 11.7 Å². The third kappa shape index (κ3) is 5.46. The van der Waals surface area contributed by atoms with Crippen LogP contribution >= 0.6 is 0 Å². The molecule has 2 aromatic heterocycles. The molecule has 1 aliphatic heterocycles. The van der Waals surface area contributed by atoms with E-state index < -0.39 is 11.9 Å². The minimum absolute atomic E-state index is 0.0396. The summed E-state index contributed by atoms with van der Waals surface area (Å²) in [5.41, 5.74) is 1.94. The molecule has 4 rings (SSSR count). The molecule has 1 N–H and O–H groups in total. The molecule has 1 unspecified atom stereocenters. The minimum Gasteiger partial charge on any atom is -0.381 e. The summed E-state index contributed by atoms with van der Waals surface area (Å²) >= 11 is 0. The van der Waals surface area contributed by atoms with Gasteiger partial charge in [-0.15, -0.1) is 5.10 Å². The van der Waals surface area contributed by atoms with Gasteiger partial charge < -0.3 is 10.1 Å². The van der Waals surface area contributed by atoms with Gasteiger partial charge in [-0.1, -0.05) is 37.3 Å². The van der Waals surface area contributed by atoms with Crippen LogP contribution < -0.4 is 10.2 Å². The number of rotatable bonds is 9. The zero-order valence-corrected chi connectivity index (χ0v) is 19.0. The lowest BCUT2D eigenvalue weighted by atomic mass is 10.2. The molecule has 10 nitrogen and oxygen atoms in total. The summed E-state index contributed by atoms with van der Waals surface area (Å²) in [7, 11) is 1.70. The highest BCUT2D eigenvalue weighted by Gasteiger charge is 2.31. The Hall–Kier alpha value is -3.53. The number of carbonyl (C=O) groups excluding carboxylic acids is 2. The zero-order valence-electron chi connectivity index (χ0n) is 19.0. The van der Waals surface area contributed by atoms with Gasteiger partial charge in [0, 0.05) is 32.7 Å². The molecule has 0 bridgehead atoms. The molecular weight excluding hydrogens is 422 g/mol. The van der Waals surface area contributed by atoms with Crippen molar-refractivity contribution in [1.29, 1.82) is 0 Å². The number of amides is 2. The summed E-state index contributed by atoms with van der Waals surface area (Å²) in [4.78, 5) is 31.4. The summed E-state index contributed by atoms with van der Waals surface area (Å²) in [6.45, 7) is 4.43. The fourth-order valence-electron chi connectivity index (χ4n) is 3.76. The van der Waals surface area contributed by atoms with Gasteiger partial charge in [-0.25, -0.2) is 14.3 Å². The van der Waals surface area contributed by atoms with Crippen LogP contribution in [0.25, 0.3) is 0 Å². The van der Waals surface area contributed by atoms with Gasteiger partial charge in [0.05, 0.1) is 18.8 Å². The molecule has 1 atom stereocenters. The Kier molecular flexibility index (Phi) is 7.13. The van der Waals surface area contributed by atoms with Gasteiger partial charge in [0.25, 0.3) is 11.8 Å². The number of aryl methyl sites for hydroxylation is 1. The third-order valence-electron chi connectivity index (χ3n) is 5.49. The van der Waals surface area contributed by atoms with E-state index in [2.05, 4.69) is 27.4 Å². The maximum absolute atomic E-state index is 13.0. The number of fused-ring (bicyclic) bond motifs is 1. The first-order valence-electron chi connectivity index (χ1n) is 11.2. The molecule has 174 valence electrons. The molecule has 1 aliphatic rings. The maximum Gasteiger partial charge on any atom is 0.291 e. The minimum atomic E-state index is -0.679. The van der Waals surface area contributed by atoms with Crippen molar-refractivity contribution in [3.63, 3.8) is 0 Å². The molecule has 0 fully saturated rings. The molecule has 10 heteroatoms. The third-order valence-corrected chi connectivity index (χ3v) is 5.49. The lowest BCUT2D eigenvalue weighted by molar-refractivity contribution is -0.120. The monoisotopic (exact) mass is 451 g/mol. The van der Waals surface area contributed by atoms with Gasteiger partial charge in [-0.05, 0) is 18.4 Å². The molecule has 1 aromatic carbocycles. The Morgan fingerprint density at radius 3 is 2.82 bits per heavy atom. The fraction of sp³-hybridized carbons (Fsp3) is 0.435. The predicted octanol–water partition coefficient (Wildman–Crippen LogP) is 1.66. The summed E-state index contributed by atoms with van der Waals surface area (Å²) in [6.07, 6.45) is 3.62.